The number of rotatable bonds is 10. The van der Waals surface area contributed by atoms with Crippen molar-refractivity contribution >= 4 is 57.9 Å². The highest BCUT2D eigenvalue weighted by molar-refractivity contribution is 9.10. The van der Waals surface area contributed by atoms with Crippen LogP contribution in [0.2, 0.25) is 11.6 Å². The minimum Gasteiger partial charge on any atom is -0.403 e. The normalized spacial score (nSPS) is 28.9. The van der Waals surface area contributed by atoms with Crippen LogP contribution in [0.25, 0.3) is 0 Å². The molecule has 284 valence electrons. The van der Waals surface area contributed by atoms with Gasteiger partial charge in [0.2, 0.25) is 11.8 Å². The zero-order chi connectivity index (χ0) is 38.7. The third kappa shape index (κ3) is 7.23. The lowest BCUT2D eigenvalue weighted by Crippen LogP contribution is -2.41. The summed E-state index contributed by atoms with van der Waals surface area (Å²) in [5.74, 6) is 0.428. The molecule has 52 heavy (non-hydrogen) atoms. The lowest BCUT2D eigenvalue weighted by atomic mass is 9.74. The van der Waals surface area contributed by atoms with Crippen molar-refractivity contribution in [3.63, 3.8) is 0 Å². The van der Waals surface area contributed by atoms with E-state index < -0.39 is 10.8 Å². The number of halogens is 2. The topological polar surface area (TPSA) is 77.5 Å². The van der Waals surface area contributed by atoms with Gasteiger partial charge in [-0.15, -0.1) is 0 Å². The third-order valence-corrected chi connectivity index (χ3v) is 13.8. The number of hydrogen-bond donors (Lipinski definition) is 0. The van der Waals surface area contributed by atoms with E-state index in [4.69, 9.17) is 18.6 Å². The largest absolute Gasteiger partial charge is 0.462 e. The fourth-order valence-corrected chi connectivity index (χ4v) is 8.66. The summed E-state index contributed by atoms with van der Waals surface area (Å²) in [5.41, 5.74) is -0.577. The van der Waals surface area contributed by atoms with E-state index in [0.29, 0.717) is 26.2 Å². The summed E-state index contributed by atoms with van der Waals surface area (Å²) in [4.78, 5) is 30.8. The van der Waals surface area contributed by atoms with Gasteiger partial charge in [-0.2, -0.15) is 0 Å². The van der Waals surface area contributed by atoms with Crippen molar-refractivity contribution in [2.24, 2.45) is 0 Å². The maximum atomic E-state index is 13.5. The molecule has 2 saturated heterocycles. The smallest absolute Gasteiger partial charge is 0.403 e. The van der Waals surface area contributed by atoms with E-state index in [1.807, 2.05) is 61.8 Å². The Labute approximate surface area is 330 Å². The van der Waals surface area contributed by atoms with Gasteiger partial charge in [0.25, 0.3) is 0 Å². The van der Waals surface area contributed by atoms with Crippen LogP contribution < -0.4 is 0 Å². The van der Waals surface area contributed by atoms with Crippen LogP contribution in [0.5, 0.6) is 0 Å². The van der Waals surface area contributed by atoms with E-state index in [9.17, 15) is 9.59 Å². The second-order valence-electron chi connectivity index (χ2n) is 16.8. The first-order valence-electron chi connectivity index (χ1n) is 19.0. The number of carbonyl (C=O) groups is 2. The van der Waals surface area contributed by atoms with Crippen LogP contribution in [-0.4, -0.2) is 84.4 Å². The van der Waals surface area contributed by atoms with E-state index in [1.165, 1.54) is 0 Å². The van der Waals surface area contributed by atoms with Crippen molar-refractivity contribution < 1.29 is 28.2 Å². The molecule has 6 rings (SSSR count). The van der Waals surface area contributed by atoms with Gasteiger partial charge in [0.05, 0.1) is 33.2 Å². The molecule has 0 radical (unpaired) electrons. The number of amides is 2. The molecule has 4 aliphatic rings. The quantitative estimate of drug-likeness (QED) is 0.223. The summed E-state index contributed by atoms with van der Waals surface area (Å²) in [6.45, 7) is 27.4. The Kier molecular flexibility index (Phi) is 11.8. The van der Waals surface area contributed by atoms with Gasteiger partial charge in [0, 0.05) is 46.8 Å². The fraction of sp³-hybridized carbons (Fsp3) is 0.650. The monoisotopic (exact) mass is 842 g/mol. The number of nitrogens with zero attached hydrogens (tertiary/aromatic N) is 2. The predicted molar refractivity (Wildman–Crippen MR) is 216 cm³/mol. The van der Waals surface area contributed by atoms with Crippen LogP contribution in [0.4, 0.5) is 0 Å². The Morgan fingerprint density at radius 1 is 0.596 bits per heavy atom. The van der Waals surface area contributed by atoms with E-state index in [2.05, 4.69) is 112 Å². The Morgan fingerprint density at radius 2 is 0.885 bits per heavy atom. The molecule has 2 aliphatic heterocycles. The van der Waals surface area contributed by atoms with Crippen LogP contribution in [0, 0.1) is 0 Å². The van der Waals surface area contributed by atoms with Gasteiger partial charge in [-0.05, 0) is 131 Å². The molecule has 2 heterocycles. The molecular weight excluding hydrogens is 786 g/mol. The minimum absolute atomic E-state index is 0.0333. The molecular formula is C40H58B2Br2N2O6. The number of benzene rings is 2. The second kappa shape index (κ2) is 14.8. The van der Waals surface area contributed by atoms with Crippen molar-refractivity contribution in [2.75, 3.05) is 26.2 Å². The van der Waals surface area contributed by atoms with E-state index in [1.54, 1.807) is 0 Å². The predicted octanol–water partition coefficient (Wildman–Crippen LogP) is 8.84. The van der Waals surface area contributed by atoms with Gasteiger partial charge in [0.15, 0.2) is 0 Å². The maximum absolute atomic E-state index is 13.5. The van der Waals surface area contributed by atoms with Gasteiger partial charge in [-0.3, -0.25) is 9.59 Å². The SMILES string of the molecule is CCN(CC)C(=O)[C@@]1(c2cccc(Br)c2)C[C@H]1B1OC(C)(C)C(C)(C)O1.CCN(CC)C(=O)[C@@]1(c2cccc(Br)c2)C[C@H]1B1OC(C)(C)C(C)(C)O1. The van der Waals surface area contributed by atoms with Gasteiger partial charge in [-0.25, -0.2) is 0 Å². The third-order valence-electron chi connectivity index (χ3n) is 12.8. The van der Waals surface area contributed by atoms with Crippen LogP contribution >= 0.6 is 31.9 Å². The zero-order valence-corrected chi connectivity index (χ0v) is 36.4. The summed E-state index contributed by atoms with van der Waals surface area (Å²) in [6, 6.07) is 16.2. The highest BCUT2D eigenvalue weighted by Crippen LogP contribution is 2.65. The summed E-state index contributed by atoms with van der Waals surface area (Å²) >= 11 is 7.11. The van der Waals surface area contributed by atoms with Gasteiger partial charge < -0.3 is 28.4 Å². The molecule has 0 aromatic heterocycles. The molecule has 8 nitrogen and oxygen atoms in total. The van der Waals surface area contributed by atoms with E-state index in [-0.39, 0.29) is 60.1 Å². The van der Waals surface area contributed by atoms with Gasteiger partial charge in [0.1, 0.15) is 0 Å². The van der Waals surface area contributed by atoms with Gasteiger partial charge in [-0.1, -0.05) is 56.1 Å². The van der Waals surface area contributed by atoms with Crippen molar-refractivity contribution in [1.82, 2.24) is 9.80 Å². The molecule has 0 N–H and O–H groups in total. The average molecular weight is 844 g/mol. The van der Waals surface area contributed by atoms with E-state index in [0.717, 1.165) is 32.9 Å². The van der Waals surface area contributed by atoms with Crippen LogP contribution in [0.15, 0.2) is 57.5 Å². The lowest BCUT2D eigenvalue weighted by molar-refractivity contribution is -0.134. The molecule has 2 amide bonds. The van der Waals surface area contributed by atoms with Crippen LogP contribution in [0.3, 0.4) is 0 Å². The summed E-state index contributed by atoms with van der Waals surface area (Å²) in [5, 5.41) is 0. The number of carbonyl (C=O) groups excluding carboxylic acids is 2. The van der Waals surface area contributed by atoms with Gasteiger partial charge >= 0.3 is 14.2 Å². The zero-order valence-electron chi connectivity index (χ0n) is 33.3. The molecule has 12 heteroatoms. The second-order valence-corrected chi connectivity index (χ2v) is 18.6. The van der Waals surface area contributed by atoms with Crippen LogP contribution in [-0.2, 0) is 39.0 Å². The molecule has 0 unspecified atom stereocenters. The maximum Gasteiger partial charge on any atom is 0.462 e. The first-order chi connectivity index (χ1) is 24.2. The van der Waals surface area contributed by atoms with Crippen molar-refractivity contribution in [3.8, 4) is 0 Å². The number of hydrogen-bond acceptors (Lipinski definition) is 6. The summed E-state index contributed by atoms with van der Waals surface area (Å²) in [7, 11) is -0.725. The Bertz CT molecular complexity index is 1500. The first-order valence-corrected chi connectivity index (χ1v) is 20.6. The number of likely N-dealkylation sites (N-methyl/N-ethyl adjacent to an activating group) is 2. The minimum atomic E-state index is -0.559. The van der Waals surface area contributed by atoms with Crippen molar-refractivity contribution in [1.29, 1.82) is 0 Å². The Morgan fingerprint density at radius 3 is 1.13 bits per heavy atom. The highest BCUT2D eigenvalue weighted by atomic mass is 79.9. The van der Waals surface area contributed by atoms with Crippen LogP contribution in [0.1, 0.15) is 107 Å². The molecule has 4 atom stereocenters. The standard InChI is InChI=1S/2C20H29BBrNO3/c2*1-7-23(8-2)17(24)20(14-10-9-11-15(22)12-14)13-16(20)21-25-18(3,4)19(5,6)26-21/h2*9-12,16H,7-8,13H2,1-6H3/t2*16-,20-/m11/s1. The molecule has 2 aromatic rings. The van der Waals surface area contributed by atoms with E-state index >= 15 is 0 Å². The first kappa shape index (κ1) is 41.5. The molecule has 0 spiro atoms. The Balaban J connectivity index is 0.000000201. The average Bonchev–Trinajstić information content (AvgIpc) is 3.96. The van der Waals surface area contributed by atoms with Crippen molar-refractivity contribution in [3.05, 3.63) is 68.6 Å². The van der Waals surface area contributed by atoms with Crippen molar-refractivity contribution in [2.45, 2.75) is 141 Å². The molecule has 2 aliphatic carbocycles. The molecule has 0 bridgehead atoms. The summed E-state index contributed by atoms with van der Waals surface area (Å²) < 4.78 is 27.1. The summed E-state index contributed by atoms with van der Waals surface area (Å²) in [6.07, 6.45) is 1.52. The Hall–Kier alpha value is -1.69. The molecule has 2 saturated carbocycles. The lowest BCUT2D eigenvalue weighted by Gasteiger charge is -2.32. The molecule has 4 fully saturated rings. The molecule has 2 aromatic carbocycles. The fourth-order valence-electron chi connectivity index (χ4n) is 7.86. The highest BCUT2D eigenvalue weighted by Gasteiger charge is 2.72.